The molecular weight excluding hydrogens is 1160 g/mol. The zero-order valence-electron chi connectivity index (χ0n) is 50.4. The summed E-state index contributed by atoms with van der Waals surface area (Å²) in [5.74, 6) is 1.36. The predicted octanol–water partition coefficient (Wildman–Crippen LogP) is 20.2. The Labute approximate surface area is 541 Å². The van der Waals surface area contributed by atoms with Gasteiger partial charge in [-0.05, 0) is 121 Å². The van der Waals surface area contributed by atoms with Crippen molar-refractivity contribution < 1.29 is 4.74 Å². The van der Waals surface area contributed by atoms with Gasteiger partial charge in [0.15, 0.2) is 5.69 Å². The van der Waals surface area contributed by atoms with Gasteiger partial charge in [-0.2, -0.15) is 5.26 Å². The Morgan fingerprint density at radius 1 is 0.337 bits per heavy atom. The molecule has 0 fully saturated rings. The van der Waals surface area contributed by atoms with Gasteiger partial charge in [0.05, 0.1) is 120 Å². The van der Waals surface area contributed by atoms with Crippen LogP contribution in [0.2, 0.25) is 0 Å². The van der Waals surface area contributed by atoms with Crippen LogP contribution >= 0.6 is 0 Å². The molecule has 1 atom stereocenters. The molecule has 0 saturated heterocycles. The fourth-order valence-electron chi connectivity index (χ4n) is 16.5. The summed E-state index contributed by atoms with van der Waals surface area (Å²) in [5, 5.41) is 21.2. The second-order valence-electron chi connectivity index (χ2n) is 24.9. The second-order valence-corrected chi connectivity index (χ2v) is 24.9. The number of ether oxygens (including phenoxy) is 1. The zero-order valence-corrected chi connectivity index (χ0v) is 50.4. The van der Waals surface area contributed by atoms with E-state index in [-0.39, 0.29) is 0 Å². The number of hydrogen-bond acceptors (Lipinski definition) is 5. The smallest absolute Gasteiger partial charge is 0.188 e. The van der Waals surface area contributed by atoms with E-state index in [1.807, 2.05) is 49.1 Å². The van der Waals surface area contributed by atoms with Gasteiger partial charge in [-0.15, -0.1) is 0 Å². The van der Waals surface area contributed by atoms with Crippen LogP contribution in [-0.2, 0) is 5.41 Å². The van der Waals surface area contributed by atoms with Gasteiger partial charge < -0.3 is 27.6 Å². The van der Waals surface area contributed by atoms with E-state index in [0.29, 0.717) is 22.7 Å². The topological polar surface area (TPSA) is 101 Å². The quantitative estimate of drug-likeness (QED) is 0.160. The lowest BCUT2D eigenvalue weighted by Gasteiger charge is -2.39. The molecule has 0 N–H and O–H groups in total. The Bertz CT molecular complexity index is 6650. The maximum absolute atomic E-state index is 10.2. The number of rotatable bonds is 5. The van der Waals surface area contributed by atoms with Crippen LogP contribution in [0.15, 0.2) is 280 Å². The number of fused-ring (bicyclic) bond motifs is 24. The van der Waals surface area contributed by atoms with E-state index in [9.17, 15) is 5.26 Å². The highest BCUT2D eigenvalue weighted by Gasteiger charge is 2.53. The third kappa shape index (κ3) is 6.81. The van der Waals surface area contributed by atoms with Gasteiger partial charge in [0, 0.05) is 106 Å². The predicted molar refractivity (Wildman–Crippen MR) is 380 cm³/mol. The molecule has 1 aliphatic carbocycles. The maximum Gasteiger partial charge on any atom is 0.188 e. The molecule has 21 rings (SSSR count). The van der Waals surface area contributed by atoms with Crippen LogP contribution < -0.4 is 4.74 Å². The summed E-state index contributed by atoms with van der Waals surface area (Å²) in [4.78, 5) is 19.7. The van der Waals surface area contributed by atoms with Gasteiger partial charge in [0.2, 0.25) is 0 Å². The van der Waals surface area contributed by atoms with Crippen LogP contribution in [0.25, 0.3) is 154 Å². The summed E-state index contributed by atoms with van der Waals surface area (Å²) in [6.45, 7) is 8.01. The monoisotopic (exact) mass is 1210 g/mol. The van der Waals surface area contributed by atoms with E-state index >= 15 is 0 Å². The van der Waals surface area contributed by atoms with E-state index in [1.165, 1.54) is 5.39 Å². The van der Waals surface area contributed by atoms with Crippen molar-refractivity contribution in [1.82, 2.24) is 37.8 Å². The maximum atomic E-state index is 10.2. The second kappa shape index (κ2) is 18.9. The molecule has 8 aromatic heterocycles. The van der Waals surface area contributed by atoms with Crippen LogP contribution in [0.4, 0.5) is 5.69 Å². The third-order valence-corrected chi connectivity index (χ3v) is 20.3. The van der Waals surface area contributed by atoms with Gasteiger partial charge >= 0.3 is 0 Å². The Balaban J connectivity index is 0.857. The van der Waals surface area contributed by atoms with E-state index in [4.69, 9.17) is 21.3 Å². The fourth-order valence-corrected chi connectivity index (χ4v) is 16.5. The van der Waals surface area contributed by atoms with Gasteiger partial charge in [-0.3, -0.25) is 15.0 Å². The van der Waals surface area contributed by atoms with E-state index in [1.54, 1.807) is 0 Å². The number of nitrogens with zero attached hydrogens (tertiary/aromatic N) is 10. The Morgan fingerprint density at radius 3 is 1.20 bits per heavy atom. The molecule has 9 heterocycles. The fraction of sp³-hybridized carbons (Fsp3) is 0.0119. The van der Waals surface area contributed by atoms with Crippen molar-refractivity contribution in [3.63, 3.8) is 0 Å². The average Bonchev–Trinajstić information content (AvgIpc) is 1.57. The highest BCUT2D eigenvalue weighted by atomic mass is 16.5. The van der Waals surface area contributed by atoms with Crippen molar-refractivity contribution in [2.24, 2.45) is 0 Å². The largest absolute Gasteiger partial charge is 0.457 e. The van der Waals surface area contributed by atoms with E-state index in [2.05, 4.69) is 269 Å². The lowest BCUT2D eigenvalue weighted by atomic mass is 9.66. The molecule has 438 valence electrons. The Kier molecular flexibility index (Phi) is 10.2. The lowest BCUT2D eigenvalue weighted by Crippen LogP contribution is -2.32. The highest BCUT2D eigenvalue weighted by molar-refractivity contribution is 6.14. The standard InChI is InChI=1S/C84H46N10O/c1-86-50-27-34-77-64(39-50)60-18-6-11-23-73(60)90(77)52-28-31-66-80(43-52)95-81-44-53(91-74-24-12-7-19-61(74)65-40-51(30-35-78(65)91)92-70-20-8-4-16-58(70)62-36-37-87-48-79(62)92)29-32-67(81)84(66)68-41-54(93-71-21-9-2-14-56(71)57-15-3-10-22-72(57)93)46-88-82(68)83-69(84)42-55(47-89-83)94-75-25-13-5-17-59(75)63-38-49(45-85)26-33-76(63)94/h2-44,46-48H. The molecule has 11 heteroatoms. The summed E-state index contributed by atoms with van der Waals surface area (Å²) in [5.41, 5.74) is 20.5. The number of nitriles is 1. The first-order valence-electron chi connectivity index (χ1n) is 31.7. The summed E-state index contributed by atoms with van der Waals surface area (Å²) >= 11 is 0. The number of para-hydroxylation sites is 6. The summed E-state index contributed by atoms with van der Waals surface area (Å²) < 4.78 is 19.3. The van der Waals surface area contributed by atoms with Gasteiger partial charge in [-0.1, -0.05) is 127 Å². The van der Waals surface area contributed by atoms with Crippen molar-refractivity contribution in [2.75, 3.05) is 0 Å². The number of hydrogen-bond donors (Lipinski definition) is 0. The van der Waals surface area contributed by atoms with Crippen LogP contribution in [0.3, 0.4) is 0 Å². The van der Waals surface area contributed by atoms with Gasteiger partial charge in [0.1, 0.15) is 11.5 Å². The lowest BCUT2D eigenvalue weighted by molar-refractivity contribution is 0.436. The molecule has 0 amide bonds. The number of pyridine rings is 3. The normalized spacial score (nSPS) is 14.0. The molecule has 11 aromatic carbocycles. The molecule has 2 aliphatic rings. The first kappa shape index (κ1) is 51.4. The SMILES string of the molecule is [C-]#[N+]c1ccc2c(c1)c1ccccc1n2-c1ccc2c(c1)Oc1cc(-n3c4ccccc4c4cc(-n5c6ccccc6c6ccncc65)ccc43)ccc1C21c2cc(-n3c4ccccc4c4ccccc43)cnc2-c2ncc(-n3c4ccccc4c4cc(C#N)ccc43)cc21. The minimum absolute atomic E-state index is 0.584. The Morgan fingerprint density at radius 2 is 0.716 bits per heavy atom. The van der Waals surface area contributed by atoms with Gasteiger partial charge in [-0.25, -0.2) is 4.85 Å². The molecule has 1 unspecified atom stereocenters. The molecular formula is C84H46N10O. The van der Waals surface area contributed by atoms with E-state index < -0.39 is 5.41 Å². The molecule has 1 aliphatic heterocycles. The molecule has 1 spiro atoms. The molecule has 0 saturated carbocycles. The average molecular weight is 1210 g/mol. The van der Waals surface area contributed by atoms with Gasteiger partial charge in [0.25, 0.3) is 0 Å². The first-order chi connectivity index (χ1) is 47.0. The van der Waals surface area contributed by atoms with Crippen molar-refractivity contribution in [3.05, 3.63) is 319 Å². The Hall–Kier alpha value is -13.4. The molecule has 19 aromatic rings. The van der Waals surface area contributed by atoms with Crippen LogP contribution in [0, 0.1) is 17.9 Å². The van der Waals surface area contributed by atoms with E-state index in [0.717, 1.165) is 166 Å². The molecule has 11 nitrogen and oxygen atoms in total. The molecule has 95 heavy (non-hydrogen) atoms. The summed E-state index contributed by atoms with van der Waals surface area (Å²) in [6.07, 6.45) is 7.83. The first-order valence-corrected chi connectivity index (χ1v) is 31.7. The third-order valence-electron chi connectivity index (χ3n) is 20.3. The minimum atomic E-state index is -1.10. The van der Waals surface area contributed by atoms with Crippen LogP contribution in [0.1, 0.15) is 27.8 Å². The zero-order chi connectivity index (χ0) is 62.4. The van der Waals surface area contributed by atoms with Crippen molar-refractivity contribution in [2.45, 2.75) is 5.41 Å². The molecule has 0 bridgehead atoms. The van der Waals surface area contributed by atoms with Crippen LogP contribution in [0.5, 0.6) is 11.5 Å². The molecule has 0 radical (unpaired) electrons. The van der Waals surface area contributed by atoms with Crippen molar-refractivity contribution >= 4 is 115 Å². The van der Waals surface area contributed by atoms with Crippen molar-refractivity contribution in [1.29, 1.82) is 5.26 Å². The minimum Gasteiger partial charge on any atom is -0.457 e. The summed E-state index contributed by atoms with van der Waals surface area (Å²) in [6, 6.07) is 92.7. The number of benzene rings is 11. The van der Waals surface area contributed by atoms with Crippen LogP contribution in [-0.4, -0.2) is 37.8 Å². The van der Waals surface area contributed by atoms with Crippen molar-refractivity contribution in [3.8, 4) is 57.4 Å². The highest BCUT2D eigenvalue weighted by Crippen LogP contribution is 2.63. The summed E-state index contributed by atoms with van der Waals surface area (Å²) in [7, 11) is 0. The number of aromatic nitrogens is 8.